The molecule has 0 saturated carbocycles. The highest BCUT2D eigenvalue weighted by Crippen LogP contribution is 2.22. The molecule has 0 aliphatic carbocycles. The van der Waals surface area contributed by atoms with Crippen molar-refractivity contribution < 1.29 is 4.79 Å². The lowest BCUT2D eigenvalue weighted by Gasteiger charge is -2.18. The van der Waals surface area contributed by atoms with Gasteiger partial charge in [-0.1, -0.05) is 32.9 Å². The van der Waals surface area contributed by atoms with Crippen molar-refractivity contribution in [1.29, 1.82) is 0 Å². The number of nitrogens with one attached hydrogen (secondary N) is 1. The van der Waals surface area contributed by atoms with E-state index in [2.05, 4.69) is 46.3 Å². The van der Waals surface area contributed by atoms with Crippen LogP contribution in [0.25, 0.3) is 11.5 Å². The molecule has 3 heterocycles. The molecule has 0 spiro atoms. The summed E-state index contributed by atoms with van der Waals surface area (Å²) in [6.45, 7) is 6.41. The van der Waals surface area contributed by atoms with E-state index in [9.17, 15) is 4.79 Å². The van der Waals surface area contributed by atoms with Crippen LogP contribution in [0.3, 0.4) is 0 Å². The number of fused-ring (bicyclic) bond motifs is 1. The molecular weight excluding hydrogens is 342 g/mol. The lowest BCUT2D eigenvalue weighted by atomic mass is 9.87. The first-order chi connectivity index (χ1) is 12.9. The Bertz CT molecular complexity index is 1090. The smallest absolute Gasteiger partial charge is 0.256 e. The lowest BCUT2D eigenvalue weighted by molar-refractivity contribution is 0.102. The molecule has 0 bridgehead atoms. The number of hydrogen-bond donors (Lipinski definition) is 1. The molecule has 1 N–H and O–H groups in total. The van der Waals surface area contributed by atoms with Crippen LogP contribution >= 0.6 is 0 Å². The quantitative estimate of drug-likeness (QED) is 0.606. The van der Waals surface area contributed by atoms with Crippen molar-refractivity contribution in [1.82, 2.24) is 29.4 Å². The first-order valence-electron chi connectivity index (χ1n) is 8.53. The van der Waals surface area contributed by atoms with E-state index in [-0.39, 0.29) is 11.3 Å². The number of anilines is 1. The molecule has 0 radical (unpaired) electrons. The van der Waals surface area contributed by atoms with Crippen LogP contribution in [0.4, 0.5) is 5.82 Å². The second kappa shape index (κ2) is 6.31. The Labute approximate surface area is 155 Å². The molecule has 0 atom stereocenters. The number of aromatic nitrogens is 6. The fourth-order valence-corrected chi connectivity index (χ4v) is 2.69. The van der Waals surface area contributed by atoms with Gasteiger partial charge in [-0.3, -0.25) is 4.79 Å². The summed E-state index contributed by atoms with van der Waals surface area (Å²) in [5, 5.41) is 11.3. The second-order valence-electron chi connectivity index (χ2n) is 7.24. The molecule has 8 nitrogen and oxygen atoms in total. The van der Waals surface area contributed by atoms with Crippen LogP contribution in [0, 0.1) is 0 Å². The third-order valence-electron chi connectivity index (χ3n) is 4.21. The molecule has 0 saturated heterocycles. The van der Waals surface area contributed by atoms with Crippen molar-refractivity contribution >= 4 is 17.4 Å². The normalized spacial score (nSPS) is 11.7. The lowest BCUT2D eigenvalue weighted by Crippen LogP contribution is -2.14. The Morgan fingerprint density at radius 2 is 1.85 bits per heavy atom. The summed E-state index contributed by atoms with van der Waals surface area (Å²) in [5.74, 6) is 0.826. The number of carbonyl (C=O) groups excluding carboxylic acids is 1. The van der Waals surface area contributed by atoms with Gasteiger partial charge >= 0.3 is 0 Å². The monoisotopic (exact) mass is 361 g/mol. The predicted molar refractivity (Wildman–Crippen MR) is 101 cm³/mol. The predicted octanol–water partition coefficient (Wildman–Crippen LogP) is 2.86. The summed E-state index contributed by atoms with van der Waals surface area (Å²) >= 11 is 0. The SMILES string of the molecule is CC(C)(C)c1ccc(C(=O)Nc2cn3nc(-n4cncn4)ccc3n2)cc1. The minimum Gasteiger partial charge on any atom is -0.305 e. The van der Waals surface area contributed by atoms with E-state index < -0.39 is 0 Å². The molecule has 4 rings (SSSR count). The first-order valence-corrected chi connectivity index (χ1v) is 8.53. The third-order valence-corrected chi connectivity index (χ3v) is 4.21. The zero-order valence-electron chi connectivity index (χ0n) is 15.3. The summed E-state index contributed by atoms with van der Waals surface area (Å²) in [4.78, 5) is 20.8. The molecule has 1 aromatic carbocycles. The van der Waals surface area contributed by atoms with Crippen molar-refractivity contribution in [2.75, 3.05) is 5.32 Å². The average Bonchev–Trinajstić information content (AvgIpc) is 3.29. The summed E-state index contributed by atoms with van der Waals surface area (Å²) in [6, 6.07) is 11.2. The number of benzene rings is 1. The van der Waals surface area contributed by atoms with Crippen molar-refractivity contribution in [3.8, 4) is 5.82 Å². The molecule has 0 aliphatic rings. The van der Waals surface area contributed by atoms with Crippen LogP contribution in [0.5, 0.6) is 0 Å². The highest BCUT2D eigenvalue weighted by molar-refractivity contribution is 6.03. The molecule has 4 aromatic rings. The maximum atomic E-state index is 12.5. The zero-order valence-corrected chi connectivity index (χ0v) is 15.3. The van der Waals surface area contributed by atoms with Crippen LogP contribution in [0.1, 0.15) is 36.7 Å². The average molecular weight is 361 g/mol. The molecule has 0 unspecified atom stereocenters. The van der Waals surface area contributed by atoms with Crippen LogP contribution in [0.2, 0.25) is 0 Å². The van der Waals surface area contributed by atoms with Crippen molar-refractivity contribution in [2.45, 2.75) is 26.2 Å². The number of carbonyl (C=O) groups is 1. The molecule has 1 amide bonds. The van der Waals surface area contributed by atoms with E-state index in [0.29, 0.717) is 22.8 Å². The van der Waals surface area contributed by atoms with E-state index in [1.54, 1.807) is 33.9 Å². The largest absolute Gasteiger partial charge is 0.305 e. The van der Waals surface area contributed by atoms with Gasteiger partial charge in [0.05, 0.1) is 6.20 Å². The van der Waals surface area contributed by atoms with Gasteiger partial charge in [0.25, 0.3) is 5.91 Å². The van der Waals surface area contributed by atoms with Gasteiger partial charge in [0.15, 0.2) is 17.3 Å². The maximum absolute atomic E-state index is 12.5. The first kappa shape index (κ1) is 16.9. The zero-order chi connectivity index (χ0) is 19.0. The number of nitrogens with zero attached hydrogens (tertiary/aromatic N) is 6. The molecule has 0 aliphatic heterocycles. The fraction of sp³-hybridized carbons (Fsp3) is 0.211. The highest BCUT2D eigenvalue weighted by atomic mass is 16.1. The molecular formula is C19H19N7O. The maximum Gasteiger partial charge on any atom is 0.256 e. The van der Waals surface area contributed by atoms with E-state index >= 15 is 0 Å². The van der Waals surface area contributed by atoms with E-state index in [1.165, 1.54) is 11.9 Å². The molecule has 3 aromatic heterocycles. The molecule has 136 valence electrons. The van der Waals surface area contributed by atoms with Gasteiger partial charge in [-0.2, -0.15) is 5.10 Å². The van der Waals surface area contributed by atoms with Gasteiger partial charge in [0.1, 0.15) is 12.7 Å². The van der Waals surface area contributed by atoms with Gasteiger partial charge in [-0.05, 0) is 35.2 Å². The summed E-state index contributed by atoms with van der Waals surface area (Å²) in [5.41, 5.74) is 2.43. The minimum atomic E-state index is -0.213. The summed E-state index contributed by atoms with van der Waals surface area (Å²) in [6.07, 6.45) is 4.67. The van der Waals surface area contributed by atoms with Crippen LogP contribution in [0.15, 0.2) is 55.2 Å². The topological polar surface area (TPSA) is 90.0 Å². The van der Waals surface area contributed by atoms with Crippen LogP contribution in [-0.4, -0.2) is 35.3 Å². The van der Waals surface area contributed by atoms with Gasteiger partial charge in [-0.25, -0.2) is 19.2 Å². The van der Waals surface area contributed by atoms with Gasteiger partial charge < -0.3 is 5.32 Å². The van der Waals surface area contributed by atoms with Gasteiger partial charge in [0.2, 0.25) is 0 Å². The Kier molecular flexibility index (Phi) is 3.95. The molecule has 8 heteroatoms. The van der Waals surface area contributed by atoms with Crippen molar-refractivity contribution in [2.24, 2.45) is 0 Å². The fourth-order valence-electron chi connectivity index (χ4n) is 2.69. The summed E-state index contributed by atoms with van der Waals surface area (Å²) < 4.78 is 3.14. The minimum absolute atomic E-state index is 0.0457. The Morgan fingerprint density at radius 3 is 2.52 bits per heavy atom. The van der Waals surface area contributed by atoms with E-state index in [4.69, 9.17) is 0 Å². The number of amides is 1. The van der Waals surface area contributed by atoms with Crippen LogP contribution in [-0.2, 0) is 5.41 Å². The molecule has 27 heavy (non-hydrogen) atoms. The Balaban J connectivity index is 1.55. The van der Waals surface area contributed by atoms with Crippen molar-refractivity contribution in [3.05, 3.63) is 66.4 Å². The van der Waals surface area contributed by atoms with Gasteiger partial charge in [-0.15, -0.1) is 5.10 Å². The van der Waals surface area contributed by atoms with E-state index in [0.717, 1.165) is 0 Å². The van der Waals surface area contributed by atoms with Crippen molar-refractivity contribution in [3.63, 3.8) is 0 Å². The van der Waals surface area contributed by atoms with E-state index in [1.807, 2.05) is 24.3 Å². The Morgan fingerprint density at radius 1 is 1.07 bits per heavy atom. The Hall–Kier alpha value is -3.55. The summed E-state index contributed by atoms with van der Waals surface area (Å²) in [7, 11) is 0. The molecule has 0 fully saturated rings. The highest BCUT2D eigenvalue weighted by Gasteiger charge is 2.15. The van der Waals surface area contributed by atoms with Gasteiger partial charge in [0, 0.05) is 5.56 Å². The third kappa shape index (κ3) is 3.41. The standard InChI is InChI=1S/C19H19N7O/c1-19(2,3)14-6-4-13(5-7-14)18(27)23-15-10-25-16(22-15)8-9-17(24-25)26-12-20-11-21-26/h4-12H,1-3H3,(H,23,27). The number of imidazole rings is 1. The number of hydrogen-bond acceptors (Lipinski definition) is 5. The van der Waals surface area contributed by atoms with Crippen LogP contribution < -0.4 is 5.32 Å². The second-order valence-corrected chi connectivity index (χ2v) is 7.24. The number of rotatable bonds is 3.